The van der Waals surface area contributed by atoms with E-state index in [4.69, 9.17) is 5.11 Å². The van der Waals surface area contributed by atoms with Gasteiger partial charge >= 0.3 is 5.97 Å². The summed E-state index contributed by atoms with van der Waals surface area (Å²) in [5, 5.41) is 41.8. The number of aliphatic carboxylic acids is 1. The number of hydrogen-bond donors (Lipinski definition) is 5. The molecule has 1 aliphatic heterocycles. The van der Waals surface area contributed by atoms with Gasteiger partial charge in [-0.3, -0.25) is 4.79 Å². The van der Waals surface area contributed by atoms with Crippen LogP contribution < -0.4 is 5.32 Å². The lowest BCUT2D eigenvalue weighted by Gasteiger charge is -2.35. The lowest BCUT2D eigenvalue weighted by molar-refractivity contribution is -0.139. The Labute approximate surface area is 162 Å². The maximum Gasteiger partial charge on any atom is 0.305 e. The molecule has 6 atom stereocenters. The molecule has 1 aliphatic rings. The molecule has 5 N–H and O–H groups in total. The molecule has 1 heterocycles. The summed E-state index contributed by atoms with van der Waals surface area (Å²) >= 11 is 0. The van der Waals surface area contributed by atoms with Crippen molar-refractivity contribution in [1.29, 1.82) is 0 Å². The molecule has 1 rings (SSSR count). The molecular weight excluding hydrogens is 350 g/mol. The highest BCUT2D eigenvalue weighted by molar-refractivity contribution is 5.67. The number of rotatable bonds is 14. The minimum Gasteiger partial charge on any atom is -0.481 e. The third-order valence-corrected chi connectivity index (χ3v) is 5.61. The van der Waals surface area contributed by atoms with Crippen LogP contribution in [0, 0.1) is 5.92 Å². The average molecular weight is 388 g/mol. The van der Waals surface area contributed by atoms with Crippen LogP contribution in [-0.2, 0) is 9.59 Å². The number of unbranched alkanes of at least 4 members (excludes halogenated alkanes) is 3. The standard InChI is InChI=1S/C20H37NO6/c1-14-18(24)9-8-16(21-14)12-15(10-11-22)19(25)7-5-3-2-4-6-17(23)13-20(26)27/h11,14-19,21,23-25H,2-10,12-13H2,1H3,(H,26,27). The van der Waals surface area contributed by atoms with Crippen molar-refractivity contribution in [3.8, 4) is 0 Å². The van der Waals surface area contributed by atoms with Crippen molar-refractivity contribution in [2.24, 2.45) is 5.92 Å². The molecule has 0 aromatic heterocycles. The van der Waals surface area contributed by atoms with E-state index in [9.17, 15) is 24.9 Å². The van der Waals surface area contributed by atoms with Crippen LogP contribution in [0.15, 0.2) is 0 Å². The van der Waals surface area contributed by atoms with Crippen molar-refractivity contribution in [3.63, 3.8) is 0 Å². The lowest BCUT2D eigenvalue weighted by Crippen LogP contribution is -2.49. The van der Waals surface area contributed by atoms with Crippen LogP contribution in [0.25, 0.3) is 0 Å². The molecule has 0 aliphatic carbocycles. The number of nitrogens with one attached hydrogen (secondary N) is 1. The topological polar surface area (TPSA) is 127 Å². The predicted octanol–water partition coefficient (Wildman–Crippen LogP) is 1.62. The highest BCUT2D eigenvalue weighted by Crippen LogP contribution is 2.25. The second-order valence-corrected chi connectivity index (χ2v) is 8.01. The summed E-state index contributed by atoms with van der Waals surface area (Å²) in [4.78, 5) is 21.5. The second-order valence-electron chi connectivity index (χ2n) is 8.01. The highest BCUT2D eigenvalue weighted by atomic mass is 16.4. The lowest BCUT2D eigenvalue weighted by atomic mass is 9.85. The summed E-state index contributed by atoms with van der Waals surface area (Å²) in [5.74, 6) is -1.05. The van der Waals surface area contributed by atoms with Crippen LogP contribution in [0.4, 0.5) is 0 Å². The zero-order valence-corrected chi connectivity index (χ0v) is 16.4. The van der Waals surface area contributed by atoms with Gasteiger partial charge in [-0.1, -0.05) is 25.7 Å². The number of carbonyl (C=O) groups excluding carboxylic acids is 1. The zero-order chi connectivity index (χ0) is 20.2. The van der Waals surface area contributed by atoms with E-state index in [0.717, 1.165) is 51.2 Å². The molecule has 1 fully saturated rings. The van der Waals surface area contributed by atoms with Crippen molar-refractivity contribution < 1.29 is 30.0 Å². The predicted molar refractivity (Wildman–Crippen MR) is 102 cm³/mol. The van der Waals surface area contributed by atoms with Crippen LogP contribution in [0.2, 0.25) is 0 Å². The molecule has 0 aromatic carbocycles. The monoisotopic (exact) mass is 387 g/mol. The van der Waals surface area contributed by atoms with E-state index < -0.39 is 18.2 Å². The highest BCUT2D eigenvalue weighted by Gasteiger charge is 2.29. The van der Waals surface area contributed by atoms with E-state index >= 15 is 0 Å². The van der Waals surface area contributed by atoms with Crippen molar-refractivity contribution in [3.05, 3.63) is 0 Å². The normalized spacial score (nSPS) is 26.3. The van der Waals surface area contributed by atoms with Crippen LogP contribution in [0.5, 0.6) is 0 Å². The summed E-state index contributed by atoms with van der Waals surface area (Å²) in [6.07, 6.45) is 6.26. The maximum atomic E-state index is 11.0. The van der Waals surface area contributed by atoms with Crippen molar-refractivity contribution in [2.45, 2.75) is 108 Å². The summed E-state index contributed by atoms with van der Waals surface area (Å²) in [6.45, 7) is 1.95. The fourth-order valence-electron chi connectivity index (χ4n) is 3.90. The van der Waals surface area contributed by atoms with Gasteiger partial charge in [-0.2, -0.15) is 0 Å². The smallest absolute Gasteiger partial charge is 0.305 e. The molecule has 0 aromatic rings. The first kappa shape index (κ1) is 24.0. The molecule has 6 unspecified atom stereocenters. The molecule has 0 bridgehead atoms. The van der Waals surface area contributed by atoms with E-state index in [2.05, 4.69) is 5.32 Å². The van der Waals surface area contributed by atoms with Crippen molar-refractivity contribution in [1.82, 2.24) is 5.32 Å². The van der Waals surface area contributed by atoms with Gasteiger partial charge in [0.1, 0.15) is 6.29 Å². The molecule has 0 amide bonds. The summed E-state index contributed by atoms with van der Waals surface area (Å²) in [6, 6.07) is 0.257. The van der Waals surface area contributed by atoms with E-state index in [1.54, 1.807) is 0 Å². The molecule has 27 heavy (non-hydrogen) atoms. The van der Waals surface area contributed by atoms with E-state index in [1.165, 1.54) is 0 Å². The second kappa shape index (κ2) is 13.2. The van der Waals surface area contributed by atoms with Crippen LogP contribution in [0.1, 0.15) is 77.6 Å². The molecule has 1 saturated heterocycles. The Bertz CT molecular complexity index is 433. The third kappa shape index (κ3) is 10.2. The summed E-state index contributed by atoms with van der Waals surface area (Å²) in [7, 11) is 0. The van der Waals surface area contributed by atoms with Crippen LogP contribution in [0.3, 0.4) is 0 Å². The molecule has 0 radical (unpaired) electrons. The Morgan fingerprint density at radius 2 is 1.81 bits per heavy atom. The van der Waals surface area contributed by atoms with Gasteiger partial charge in [-0.15, -0.1) is 0 Å². The first-order valence-corrected chi connectivity index (χ1v) is 10.3. The Morgan fingerprint density at radius 3 is 2.41 bits per heavy atom. The van der Waals surface area contributed by atoms with E-state index in [0.29, 0.717) is 19.3 Å². The molecule has 0 spiro atoms. The first-order chi connectivity index (χ1) is 12.8. The number of piperidine rings is 1. The number of aldehydes is 1. The first-order valence-electron chi connectivity index (χ1n) is 10.3. The van der Waals surface area contributed by atoms with Crippen LogP contribution in [-0.4, -0.2) is 63.1 Å². The Morgan fingerprint density at radius 1 is 1.15 bits per heavy atom. The van der Waals surface area contributed by atoms with Gasteiger partial charge in [0.05, 0.1) is 24.7 Å². The summed E-state index contributed by atoms with van der Waals surface area (Å²) in [5.41, 5.74) is 0. The Kier molecular flexibility index (Phi) is 11.7. The minimum absolute atomic E-state index is 0.0363. The number of carboxylic acids is 1. The molecular formula is C20H37NO6. The number of hydrogen-bond acceptors (Lipinski definition) is 6. The van der Waals surface area contributed by atoms with Gasteiger partial charge < -0.3 is 30.5 Å². The van der Waals surface area contributed by atoms with Crippen molar-refractivity contribution >= 4 is 12.3 Å². The number of aliphatic hydroxyl groups excluding tert-OH is 3. The van der Waals surface area contributed by atoms with Gasteiger partial charge in [-0.25, -0.2) is 0 Å². The Hall–Kier alpha value is -1.02. The molecule has 7 nitrogen and oxygen atoms in total. The fourth-order valence-corrected chi connectivity index (χ4v) is 3.90. The molecule has 7 heteroatoms. The number of carbonyl (C=O) groups is 2. The SMILES string of the molecule is CC1NC(CC(CC=O)C(O)CCCCCCC(O)CC(=O)O)CCC1O. The fraction of sp³-hybridized carbons (Fsp3) is 0.900. The van der Waals surface area contributed by atoms with Crippen molar-refractivity contribution in [2.75, 3.05) is 0 Å². The van der Waals surface area contributed by atoms with Gasteiger partial charge in [-0.05, 0) is 44.9 Å². The minimum atomic E-state index is -0.983. The zero-order valence-electron chi connectivity index (χ0n) is 16.4. The maximum absolute atomic E-state index is 11.0. The quantitative estimate of drug-likeness (QED) is 0.226. The van der Waals surface area contributed by atoms with E-state index in [1.807, 2.05) is 6.92 Å². The number of aliphatic hydroxyl groups is 3. The van der Waals surface area contributed by atoms with Crippen LogP contribution >= 0.6 is 0 Å². The Balaban J connectivity index is 2.23. The van der Waals surface area contributed by atoms with Gasteiger partial charge in [0.25, 0.3) is 0 Å². The van der Waals surface area contributed by atoms with E-state index in [-0.39, 0.29) is 30.5 Å². The van der Waals surface area contributed by atoms with Gasteiger partial charge in [0.2, 0.25) is 0 Å². The largest absolute Gasteiger partial charge is 0.481 e. The molecule has 158 valence electrons. The van der Waals surface area contributed by atoms with Gasteiger partial charge in [0.15, 0.2) is 0 Å². The van der Waals surface area contributed by atoms with Gasteiger partial charge in [0, 0.05) is 18.5 Å². The average Bonchev–Trinajstić information content (AvgIpc) is 2.60. The number of carboxylic acid groups (broad SMARTS) is 1. The third-order valence-electron chi connectivity index (χ3n) is 5.61. The summed E-state index contributed by atoms with van der Waals surface area (Å²) < 4.78 is 0. The molecule has 0 saturated carbocycles.